The van der Waals surface area contributed by atoms with Crippen LogP contribution in [0.1, 0.15) is 45.4 Å². The number of hydrogen-bond donors (Lipinski definition) is 1. The predicted molar refractivity (Wildman–Crippen MR) is 218 cm³/mol. The molecule has 0 amide bonds. The van der Waals surface area contributed by atoms with Gasteiger partial charge in [-0.1, -0.05) is 26.0 Å². The van der Waals surface area contributed by atoms with Crippen LogP contribution in [0.5, 0.6) is 36.1 Å². The number of ether oxygens (including phenoxy) is 6. The molecular formula is C32H54N6O6S6. The first kappa shape index (κ1) is 44.8. The largest absolute Gasteiger partial charge is 0.463 e. The van der Waals surface area contributed by atoms with Gasteiger partial charge in [0.1, 0.15) is 6.61 Å². The lowest BCUT2D eigenvalue weighted by Gasteiger charge is -2.10. The minimum atomic E-state index is 0.169. The van der Waals surface area contributed by atoms with Crippen molar-refractivity contribution in [3.63, 3.8) is 0 Å². The molecule has 2 aromatic heterocycles. The second-order valence-electron chi connectivity index (χ2n) is 10.1. The van der Waals surface area contributed by atoms with Gasteiger partial charge < -0.3 is 28.4 Å². The van der Waals surface area contributed by atoms with Gasteiger partial charge in [0.25, 0.3) is 0 Å². The molecule has 2 aromatic rings. The summed E-state index contributed by atoms with van der Waals surface area (Å²) in [5.74, 6) is 10.3. The van der Waals surface area contributed by atoms with E-state index in [-0.39, 0.29) is 36.1 Å². The number of unbranched alkanes of at least 4 members (excludes halogenated alkanes) is 1. The van der Waals surface area contributed by atoms with E-state index in [0.717, 1.165) is 96.1 Å². The quantitative estimate of drug-likeness (QED) is 0.0444. The van der Waals surface area contributed by atoms with Crippen LogP contribution in [0, 0.1) is 0 Å². The molecule has 2 rings (SSSR count). The van der Waals surface area contributed by atoms with Crippen LogP contribution in [0.15, 0.2) is 12.7 Å². The third-order valence-electron chi connectivity index (χ3n) is 5.90. The number of aromatic nitrogens is 6. The van der Waals surface area contributed by atoms with Gasteiger partial charge in [-0.15, -0.1) is 29.9 Å². The fourth-order valence-corrected chi connectivity index (χ4v) is 8.20. The summed E-state index contributed by atoms with van der Waals surface area (Å²) in [6.45, 7) is 8.65. The molecule has 0 aromatic carbocycles. The maximum atomic E-state index is 5.88. The number of rotatable bonds is 35. The van der Waals surface area contributed by atoms with Crippen molar-refractivity contribution in [1.29, 1.82) is 0 Å². The molecule has 0 unspecified atom stereocenters. The summed E-state index contributed by atoms with van der Waals surface area (Å²) >= 11 is 13.7. The van der Waals surface area contributed by atoms with Crippen LogP contribution in [0.2, 0.25) is 0 Å². The number of thioether (sulfide) groups is 5. The van der Waals surface area contributed by atoms with Gasteiger partial charge in [-0.3, -0.25) is 0 Å². The van der Waals surface area contributed by atoms with E-state index < -0.39 is 0 Å². The highest BCUT2D eigenvalue weighted by Crippen LogP contribution is 2.18. The second-order valence-corrected chi connectivity index (χ2v) is 16.5. The molecular weight excluding hydrogens is 757 g/mol. The number of hydrogen-bond acceptors (Lipinski definition) is 18. The lowest BCUT2D eigenvalue weighted by Crippen LogP contribution is -2.10. The lowest BCUT2D eigenvalue weighted by molar-refractivity contribution is 0.236. The van der Waals surface area contributed by atoms with Crippen LogP contribution < -0.4 is 28.4 Å². The monoisotopic (exact) mass is 810 g/mol. The molecule has 0 saturated heterocycles. The predicted octanol–water partition coefficient (Wildman–Crippen LogP) is 6.80. The molecule has 0 aliphatic rings. The van der Waals surface area contributed by atoms with E-state index in [4.69, 9.17) is 28.4 Å². The minimum absolute atomic E-state index is 0.169. The maximum absolute atomic E-state index is 5.88. The Morgan fingerprint density at radius 3 is 1.18 bits per heavy atom. The van der Waals surface area contributed by atoms with Crippen LogP contribution in [-0.2, 0) is 0 Å². The van der Waals surface area contributed by atoms with E-state index in [1.807, 2.05) is 58.8 Å². The molecule has 0 radical (unpaired) electrons. The molecule has 0 aliphatic heterocycles. The van der Waals surface area contributed by atoms with Crippen molar-refractivity contribution in [3.05, 3.63) is 12.7 Å². The molecule has 0 spiro atoms. The van der Waals surface area contributed by atoms with Crippen molar-refractivity contribution in [2.75, 3.05) is 103 Å². The third kappa shape index (κ3) is 24.0. The van der Waals surface area contributed by atoms with Gasteiger partial charge in [-0.05, 0) is 67.1 Å². The van der Waals surface area contributed by atoms with E-state index in [1.54, 1.807) is 6.08 Å². The van der Waals surface area contributed by atoms with Crippen LogP contribution in [0.25, 0.3) is 0 Å². The van der Waals surface area contributed by atoms with Crippen LogP contribution >= 0.6 is 71.4 Å². The molecule has 0 bridgehead atoms. The first-order valence-corrected chi connectivity index (χ1v) is 23.6. The Labute approximate surface area is 325 Å². The summed E-state index contributed by atoms with van der Waals surface area (Å²) in [5.41, 5.74) is 0. The van der Waals surface area contributed by atoms with Crippen molar-refractivity contribution >= 4 is 71.4 Å². The average molecular weight is 811 g/mol. The van der Waals surface area contributed by atoms with Gasteiger partial charge in [-0.25, -0.2) is 0 Å². The SMILES string of the molecule is C=CCOc1nc(OCCCC)nc(OCCCSCCSCCCOc2nc(OCCCSCCS)nc(OCCCSCCSC)n2)n1. The van der Waals surface area contributed by atoms with E-state index in [9.17, 15) is 0 Å². The van der Waals surface area contributed by atoms with Gasteiger partial charge >= 0.3 is 36.1 Å². The van der Waals surface area contributed by atoms with Crippen LogP contribution in [0.3, 0.4) is 0 Å². The van der Waals surface area contributed by atoms with Crippen LogP contribution in [-0.4, -0.2) is 133 Å². The molecule has 0 aliphatic carbocycles. The first-order valence-electron chi connectivity index (χ1n) is 17.0. The summed E-state index contributed by atoms with van der Waals surface area (Å²) in [6, 6.07) is 1.32. The summed E-state index contributed by atoms with van der Waals surface area (Å²) in [6.07, 6.45) is 9.27. The number of nitrogens with zero attached hydrogens (tertiary/aromatic N) is 6. The molecule has 284 valence electrons. The zero-order chi connectivity index (χ0) is 35.7. The second kappa shape index (κ2) is 32.3. The molecule has 12 nitrogen and oxygen atoms in total. The number of thiol groups is 1. The zero-order valence-corrected chi connectivity index (χ0v) is 34.4. The first-order chi connectivity index (χ1) is 24.7. The van der Waals surface area contributed by atoms with Crippen molar-refractivity contribution in [1.82, 2.24) is 29.9 Å². The van der Waals surface area contributed by atoms with Crippen molar-refractivity contribution in [2.45, 2.75) is 45.4 Å². The highest BCUT2D eigenvalue weighted by molar-refractivity contribution is 8.03. The average Bonchev–Trinajstić information content (AvgIpc) is 3.12. The Bertz CT molecular complexity index is 1140. The Balaban J connectivity index is 1.62. The van der Waals surface area contributed by atoms with Crippen LogP contribution in [0.4, 0.5) is 0 Å². The molecule has 0 atom stereocenters. The normalized spacial score (nSPS) is 10.9. The molecule has 0 N–H and O–H groups in total. The van der Waals surface area contributed by atoms with Crippen molar-refractivity contribution in [2.24, 2.45) is 0 Å². The van der Waals surface area contributed by atoms with Gasteiger partial charge in [0.05, 0.1) is 33.0 Å². The van der Waals surface area contributed by atoms with Gasteiger partial charge in [0.15, 0.2) is 0 Å². The Kier molecular flexibility index (Phi) is 29.0. The highest BCUT2D eigenvalue weighted by Gasteiger charge is 2.12. The Hall–Kier alpha value is -1.34. The van der Waals surface area contributed by atoms with Gasteiger partial charge in [0.2, 0.25) is 0 Å². The van der Waals surface area contributed by atoms with E-state index in [2.05, 4.69) is 62.3 Å². The minimum Gasteiger partial charge on any atom is -0.463 e. The Morgan fingerprint density at radius 1 is 0.500 bits per heavy atom. The van der Waals surface area contributed by atoms with E-state index in [0.29, 0.717) is 39.6 Å². The van der Waals surface area contributed by atoms with Crippen molar-refractivity contribution < 1.29 is 28.4 Å². The molecule has 18 heteroatoms. The summed E-state index contributed by atoms with van der Waals surface area (Å²) < 4.78 is 34.4. The van der Waals surface area contributed by atoms with Gasteiger partial charge in [0, 0.05) is 28.8 Å². The molecule has 0 fully saturated rings. The highest BCUT2D eigenvalue weighted by atomic mass is 32.2. The third-order valence-corrected chi connectivity index (χ3v) is 11.8. The van der Waals surface area contributed by atoms with Crippen molar-refractivity contribution in [3.8, 4) is 36.1 Å². The molecule has 0 saturated carbocycles. The van der Waals surface area contributed by atoms with Gasteiger partial charge in [-0.2, -0.15) is 71.4 Å². The smallest absolute Gasteiger partial charge is 0.326 e. The fourth-order valence-electron chi connectivity index (χ4n) is 3.50. The summed E-state index contributed by atoms with van der Waals surface area (Å²) in [4.78, 5) is 25.7. The topological polar surface area (TPSA) is 133 Å². The van der Waals surface area contributed by atoms with E-state index in [1.165, 1.54) is 0 Å². The maximum Gasteiger partial charge on any atom is 0.326 e. The Morgan fingerprint density at radius 2 is 0.840 bits per heavy atom. The zero-order valence-electron chi connectivity index (χ0n) is 29.5. The summed E-state index contributed by atoms with van der Waals surface area (Å²) in [7, 11) is 0. The fraction of sp³-hybridized carbons (Fsp3) is 0.750. The lowest BCUT2D eigenvalue weighted by atomic mass is 10.4. The summed E-state index contributed by atoms with van der Waals surface area (Å²) in [5, 5.41) is 0. The molecule has 50 heavy (non-hydrogen) atoms. The van der Waals surface area contributed by atoms with E-state index >= 15 is 0 Å². The molecule has 2 heterocycles. The standard InChI is InChI=1S/C32H54N6O6S6/c1-4-6-12-40-28-33-27(39-11-5-2)34-29(35-28)42-15-9-20-49-25-26-50-21-10-16-44-32-37-30(41-13-7-18-47-22-17-45)36-31(38-32)43-14-8-19-48-24-23-46-3/h5,45H,2,4,6-26H2,1,3H3.